The Hall–Kier alpha value is -1.09. The molecule has 0 saturated carbocycles. The second-order valence-electron chi connectivity index (χ2n) is 5.65. The van der Waals surface area contributed by atoms with Crippen molar-refractivity contribution in [1.29, 1.82) is 0 Å². The molecule has 1 aromatic heterocycles. The topological polar surface area (TPSA) is 17.8 Å². The lowest BCUT2D eigenvalue weighted by Crippen LogP contribution is -2.26. The molecule has 3 rings (SSSR count). The fourth-order valence-electron chi connectivity index (χ4n) is 2.93. The van der Waals surface area contributed by atoms with Gasteiger partial charge in [0.25, 0.3) is 0 Å². The summed E-state index contributed by atoms with van der Waals surface area (Å²) >= 11 is 3.53. The molecule has 0 bridgehead atoms. The summed E-state index contributed by atoms with van der Waals surface area (Å²) < 4.78 is 3.21. The third-order valence-electron chi connectivity index (χ3n) is 3.79. The number of aromatic nitrogens is 2. The van der Waals surface area contributed by atoms with E-state index in [2.05, 4.69) is 57.8 Å². The highest BCUT2D eigenvalue weighted by molar-refractivity contribution is 9.10. The molecule has 3 heteroatoms. The minimum atomic E-state index is 0.215. The van der Waals surface area contributed by atoms with E-state index in [1.165, 1.54) is 24.1 Å². The highest BCUT2D eigenvalue weighted by Crippen LogP contribution is 2.37. The van der Waals surface area contributed by atoms with Crippen LogP contribution >= 0.6 is 15.9 Å². The molecule has 0 radical (unpaired) electrons. The van der Waals surface area contributed by atoms with E-state index in [1.807, 2.05) is 12.3 Å². The lowest BCUT2D eigenvalue weighted by molar-refractivity contribution is 0.410. The van der Waals surface area contributed by atoms with Crippen molar-refractivity contribution < 1.29 is 0 Å². The number of nitrogens with zero attached hydrogens (tertiary/aromatic N) is 2. The molecule has 0 unspecified atom stereocenters. The van der Waals surface area contributed by atoms with Crippen LogP contribution in [-0.4, -0.2) is 9.78 Å². The standard InChI is InChI=1S/C15H17BrN2/c1-15(2)8-4-5-11-10-17-18(14(11)15)13-7-3-6-12(16)9-13/h3,6-7,9-10H,4-5,8H2,1-2H3. The van der Waals surface area contributed by atoms with Gasteiger partial charge in [0.05, 0.1) is 17.6 Å². The summed E-state index contributed by atoms with van der Waals surface area (Å²) in [7, 11) is 0. The fraction of sp³-hybridized carbons (Fsp3) is 0.400. The van der Waals surface area contributed by atoms with Crippen LogP contribution in [0.4, 0.5) is 0 Å². The van der Waals surface area contributed by atoms with Gasteiger partial charge in [-0.05, 0) is 43.0 Å². The molecule has 0 N–H and O–H groups in total. The first-order chi connectivity index (χ1) is 8.58. The van der Waals surface area contributed by atoms with Crippen molar-refractivity contribution in [3.05, 3.63) is 46.2 Å². The first-order valence-corrected chi connectivity index (χ1v) is 7.20. The monoisotopic (exact) mass is 304 g/mol. The van der Waals surface area contributed by atoms with E-state index < -0.39 is 0 Å². The Bertz CT molecular complexity index is 584. The molecule has 1 aromatic carbocycles. The number of halogens is 1. The number of benzene rings is 1. The Labute approximate surface area is 116 Å². The Morgan fingerprint density at radius 2 is 2.17 bits per heavy atom. The maximum Gasteiger partial charge on any atom is 0.0660 e. The number of aryl methyl sites for hydroxylation is 1. The molecule has 2 nitrogen and oxygen atoms in total. The fourth-order valence-corrected chi connectivity index (χ4v) is 3.32. The molecule has 0 atom stereocenters. The lowest BCUT2D eigenvalue weighted by Gasteiger charge is -2.31. The summed E-state index contributed by atoms with van der Waals surface area (Å²) in [4.78, 5) is 0. The number of hydrogen-bond acceptors (Lipinski definition) is 1. The molecule has 1 aliphatic rings. The predicted octanol–water partition coefficient (Wildman–Crippen LogP) is 4.25. The van der Waals surface area contributed by atoms with Gasteiger partial charge in [-0.15, -0.1) is 0 Å². The van der Waals surface area contributed by atoms with Crippen molar-refractivity contribution >= 4 is 15.9 Å². The molecule has 2 aromatic rings. The molecule has 0 aliphatic heterocycles. The SMILES string of the molecule is CC1(C)CCCc2cnn(-c3cccc(Br)c3)c21. The quantitative estimate of drug-likeness (QED) is 0.770. The molecular formula is C15H17BrN2. The van der Waals surface area contributed by atoms with Gasteiger partial charge in [-0.1, -0.05) is 35.8 Å². The normalized spacial score (nSPS) is 17.5. The van der Waals surface area contributed by atoms with Crippen LogP contribution in [0.3, 0.4) is 0 Å². The van der Waals surface area contributed by atoms with Gasteiger partial charge < -0.3 is 0 Å². The summed E-state index contributed by atoms with van der Waals surface area (Å²) in [5.41, 5.74) is 4.14. The van der Waals surface area contributed by atoms with Crippen LogP contribution in [0.5, 0.6) is 0 Å². The highest BCUT2D eigenvalue weighted by Gasteiger charge is 2.31. The Morgan fingerprint density at radius 1 is 1.33 bits per heavy atom. The third-order valence-corrected chi connectivity index (χ3v) is 4.28. The third kappa shape index (κ3) is 1.91. The molecule has 1 aliphatic carbocycles. The van der Waals surface area contributed by atoms with Crippen LogP contribution in [0.2, 0.25) is 0 Å². The molecular weight excluding hydrogens is 288 g/mol. The van der Waals surface area contributed by atoms with Crippen molar-refractivity contribution in [2.75, 3.05) is 0 Å². The van der Waals surface area contributed by atoms with Crippen molar-refractivity contribution in [2.24, 2.45) is 0 Å². The zero-order valence-corrected chi connectivity index (χ0v) is 12.4. The Morgan fingerprint density at radius 3 is 2.94 bits per heavy atom. The van der Waals surface area contributed by atoms with E-state index in [-0.39, 0.29) is 5.41 Å². The average molecular weight is 305 g/mol. The molecule has 94 valence electrons. The van der Waals surface area contributed by atoms with Crippen molar-refractivity contribution in [3.63, 3.8) is 0 Å². The molecule has 0 saturated heterocycles. The van der Waals surface area contributed by atoms with Gasteiger partial charge in [0.2, 0.25) is 0 Å². The number of fused-ring (bicyclic) bond motifs is 1. The summed E-state index contributed by atoms with van der Waals surface area (Å²) in [5, 5.41) is 4.60. The summed E-state index contributed by atoms with van der Waals surface area (Å²) in [5.74, 6) is 0. The second-order valence-corrected chi connectivity index (χ2v) is 6.56. The number of hydrogen-bond donors (Lipinski definition) is 0. The predicted molar refractivity (Wildman–Crippen MR) is 77.2 cm³/mol. The first-order valence-electron chi connectivity index (χ1n) is 6.41. The highest BCUT2D eigenvalue weighted by atomic mass is 79.9. The minimum Gasteiger partial charge on any atom is -0.237 e. The molecule has 0 spiro atoms. The van der Waals surface area contributed by atoms with Crippen LogP contribution in [0.1, 0.15) is 37.9 Å². The largest absolute Gasteiger partial charge is 0.237 e. The minimum absolute atomic E-state index is 0.215. The Balaban J connectivity index is 2.17. The van der Waals surface area contributed by atoms with Crippen molar-refractivity contribution in [1.82, 2.24) is 9.78 Å². The maximum absolute atomic E-state index is 4.60. The van der Waals surface area contributed by atoms with Gasteiger partial charge in [-0.3, -0.25) is 0 Å². The molecule has 0 amide bonds. The second kappa shape index (κ2) is 4.23. The van der Waals surface area contributed by atoms with Gasteiger partial charge in [0.1, 0.15) is 0 Å². The van der Waals surface area contributed by atoms with Gasteiger partial charge in [-0.2, -0.15) is 5.10 Å². The van der Waals surface area contributed by atoms with Gasteiger partial charge >= 0.3 is 0 Å². The first kappa shape index (κ1) is 12.0. The van der Waals surface area contributed by atoms with Crippen LogP contribution in [-0.2, 0) is 11.8 Å². The van der Waals surface area contributed by atoms with Crippen LogP contribution in [0.25, 0.3) is 5.69 Å². The van der Waals surface area contributed by atoms with E-state index in [1.54, 1.807) is 0 Å². The maximum atomic E-state index is 4.60. The van der Waals surface area contributed by atoms with Crippen molar-refractivity contribution in [3.8, 4) is 5.69 Å². The summed E-state index contributed by atoms with van der Waals surface area (Å²) in [6, 6.07) is 8.34. The average Bonchev–Trinajstić information content (AvgIpc) is 2.74. The number of rotatable bonds is 1. The van der Waals surface area contributed by atoms with E-state index in [9.17, 15) is 0 Å². The summed E-state index contributed by atoms with van der Waals surface area (Å²) in [6.07, 6.45) is 5.70. The smallest absolute Gasteiger partial charge is 0.0660 e. The van der Waals surface area contributed by atoms with Gasteiger partial charge in [0.15, 0.2) is 0 Å². The van der Waals surface area contributed by atoms with Crippen LogP contribution in [0, 0.1) is 0 Å². The molecule has 0 fully saturated rings. The molecule has 1 heterocycles. The van der Waals surface area contributed by atoms with E-state index in [4.69, 9.17) is 0 Å². The summed E-state index contributed by atoms with van der Waals surface area (Å²) in [6.45, 7) is 4.64. The van der Waals surface area contributed by atoms with Crippen LogP contribution in [0.15, 0.2) is 34.9 Å². The van der Waals surface area contributed by atoms with Gasteiger partial charge in [0, 0.05) is 9.89 Å². The zero-order chi connectivity index (χ0) is 12.8. The van der Waals surface area contributed by atoms with E-state index >= 15 is 0 Å². The lowest BCUT2D eigenvalue weighted by atomic mass is 9.76. The van der Waals surface area contributed by atoms with Crippen LogP contribution < -0.4 is 0 Å². The van der Waals surface area contributed by atoms with Crippen molar-refractivity contribution in [2.45, 2.75) is 38.5 Å². The van der Waals surface area contributed by atoms with Gasteiger partial charge in [-0.25, -0.2) is 4.68 Å². The molecule has 18 heavy (non-hydrogen) atoms. The van der Waals surface area contributed by atoms with E-state index in [0.29, 0.717) is 0 Å². The van der Waals surface area contributed by atoms with E-state index in [0.717, 1.165) is 16.6 Å². The zero-order valence-electron chi connectivity index (χ0n) is 10.8. The Kier molecular flexibility index (Phi) is 2.81.